The average molecular weight is 464 g/mol. The molecule has 0 unspecified atom stereocenters. The van der Waals surface area contributed by atoms with Gasteiger partial charge in [0.2, 0.25) is 5.91 Å². The van der Waals surface area contributed by atoms with Gasteiger partial charge in [0.05, 0.1) is 0 Å². The average Bonchev–Trinajstić information content (AvgIpc) is 2.81. The zero-order chi connectivity index (χ0) is 24.7. The van der Waals surface area contributed by atoms with Crippen LogP contribution in [0.25, 0.3) is 0 Å². The molecule has 7 heteroatoms. The summed E-state index contributed by atoms with van der Waals surface area (Å²) in [4.78, 5) is 29.4. The van der Waals surface area contributed by atoms with Crippen molar-refractivity contribution in [3.05, 3.63) is 53.1 Å². The van der Waals surface area contributed by atoms with E-state index in [9.17, 15) is 9.59 Å². The topological polar surface area (TPSA) is 94.6 Å². The van der Waals surface area contributed by atoms with Crippen molar-refractivity contribution in [1.29, 1.82) is 0 Å². The molecular weight excluding hydrogens is 426 g/mol. The first-order valence-corrected chi connectivity index (χ1v) is 12.1. The van der Waals surface area contributed by atoms with Crippen molar-refractivity contribution in [3.8, 4) is 0 Å². The number of rotatable bonds is 8. The maximum absolute atomic E-state index is 12.8. The number of carbonyl (C=O) groups excluding carboxylic acids is 2. The van der Waals surface area contributed by atoms with Gasteiger partial charge in [0.1, 0.15) is 0 Å². The predicted octanol–water partition coefficient (Wildman–Crippen LogP) is 5.32. The van der Waals surface area contributed by atoms with E-state index in [1.54, 1.807) is 0 Å². The second-order valence-electron chi connectivity index (χ2n) is 9.51. The molecule has 0 bridgehead atoms. The van der Waals surface area contributed by atoms with Gasteiger partial charge in [-0.25, -0.2) is 0 Å². The number of hydrogen-bond acceptors (Lipinski definition) is 5. The molecule has 7 nitrogen and oxygen atoms in total. The highest BCUT2D eigenvalue weighted by molar-refractivity contribution is 6.06. The first-order chi connectivity index (χ1) is 16.2. The van der Waals surface area contributed by atoms with Gasteiger partial charge in [0, 0.05) is 42.1 Å². The zero-order valence-corrected chi connectivity index (χ0v) is 20.9. The molecule has 2 aromatic carbocycles. The maximum atomic E-state index is 12.8. The summed E-state index contributed by atoms with van der Waals surface area (Å²) >= 11 is 0. The lowest BCUT2D eigenvalue weighted by atomic mass is 9.97. The van der Waals surface area contributed by atoms with Gasteiger partial charge < -0.3 is 16.0 Å². The number of guanidine groups is 1. The van der Waals surface area contributed by atoms with Crippen LogP contribution in [0.15, 0.2) is 41.4 Å². The van der Waals surface area contributed by atoms with E-state index in [-0.39, 0.29) is 17.7 Å². The highest BCUT2D eigenvalue weighted by Gasteiger charge is 2.16. The summed E-state index contributed by atoms with van der Waals surface area (Å²) < 4.78 is 0. The molecule has 1 aliphatic rings. The van der Waals surface area contributed by atoms with E-state index in [2.05, 4.69) is 54.0 Å². The van der Waals surface area contributed by atoms with E-state index >= 15 is 0 Å². The molecule has 0 saturated heterocycles. The lowest BCUT2D eigenvalue weighted by Crippen LogP contribution is -2.43. The van der Waals surface area contributed by atoms with Crippen LogP contribution in [0.3, 0.4) is 0 Å². The Morgan fingerprint density at radius 3 is 2.47 bits per heavy atom. The molecule has 0 saturated carbocycles. The number of anilines is 3. The minimum atomic E-state index is -0.177. The van der Waals surface area contributed by atoms with Crippen LogP contribution >= 0.6 is 0 Å². The fourth-order valence-corrected chi connectivity index (χ4v) is 3.78. The fourth-order valence-electron chi connectivity index (χ4n) is 3.78. The molecule has 0 aromatic heterocycles. The van der Waals surface area contributed by atoms with Crippen molar-refractivity contribution in [3.63, 3.8) is 0 Å². The Hall–Kier alpha value is -3.35. The summed E-state index contributed by atoms with van der Waals surface area (Å²) in [6.45, 7) is 12.0. The van der Waals surface area contributed by atoms with Crippen molar-refractivity contribution in [2.75, 3.05) is 23.7 Å². The second kappa shape index (κ2) is 11.7. The van der Waals surface area contributed by atoms with E-state index < -0.39 is 0 Å². The molecule has 3 rings (SSSR count). The van der Waals surface area contributed by atoms with E-state index in [0.29, 0.717) is 23.9 Å². The fraction of sp³-hybridized carbons (Fsp3) is 0.444. The molecule has 1 heterocycles. The minimum absolute atomic E-state index is 0.0317. The normalized spacial score (nSPS) is 13.3. The van der Waals surface area contributed by atoms with E-state index in [1.165, 1.54) is 0 Å². The van der Waals surface area contributed by atoms with Gasteiger partial charge in [-0.1, -0.05) is 33.8 Å². The Balaban J connectivity index is 1.77. The van der Waals surface area contributed by atoms with Crippen LogP contribution in [0.1, 0.15) is 74.4 Å². The third-order valence-electron chi connectivity index (χ3n) is 5.89. The van der Waals surface area contributed by atoms with Gasteiger partial charge in [0.15, 0.2) is 5.96 Å². The lowest BCUT2D eigenvalue weighted by Gasteiger charge is -2.19. The SMILES string of the molecule is Cc1c(NC(=O)CCC(C)C)cccc1Nc1ccc(C(=O)NC2=NCCCN2)cc1C(C)C. The van der Waals surface area contributed by atoms with Gasteiger partial charge in [-0.3, -0.25) is 19.9 Å². The number of amides is 2. The summed E-state index contributed by atoms with van der Waals surface area (Å²) in [5.74, 6) is 1.09. The molecule has 0 atom stereocenters. The standard InChI is InChI=1S/C27H37N5O2/c1-17(2)10-13-25(33)31-23-9-6-8-22(19(23)5)30-24-12-11-20(16-21(24)18(3)4)26(34)32-27-28-14-7-15-29-27/h6,8-9,11-12,16-18,30H,7,10,13-15H2,1-5H3,(H,31,33)(H2,28,29,32,34). The first-order valence-electron chi connectivity index (χ1n) is 12.1. The van der Waals surface area contributed by atoms with Crippen molar-refractivity contribution in [2.45, 2.75) is 59.8 Å². The molecule has 0 fully saturated rings. The van der Waals surface area contributed by atoms with E-state index in [4.69, 9.17) is 0 Å². The van der Waals surface area contributed by atoms with Gasteiger partial charge >= 0.3 is 0 Å². The summed E-state index contributed by atoms with van der Waals surface area (Å²) in [6.07, 6.45) is 2.35. The molecule has 2 aromatic rings. The van der Waals surface area contributed by atoms with Crippen molar-refractivity contribution in [1.82, 2.24) is 10.6 Å². The molecular formula is C27H37N5O2. The van der Waals surface area contributed by atoms with Crippen LogP contribution in [-0.4, -0.2) is 30.9 Å². The quantitative estimate of drug-likeness (QED) is 0.426. The number of nitrogens with one attached hydrogen (secondary N) is 4. The zero-order valence-electron chi connectivity index (χ0n) is 20.9. The summed E-state index contributed by atoms with van der Waals surface area (Å²) in [5, 5.41) is 12.5. The molecule has 1 aliphatic heterocycles. The monoisotopic (exact) mass is 463 g/mol. The van der Waals surface area contributed by atoms with Crippen molar-refractivity contribution in [2.24, 2.45) is 10.9 Å². The Labute approximate surface area is 202 Å². The molecule has 0 radical (unpaired) electrons. The van der Waals surface area contributed by atoms with Gasteiger partial charge in [-0.2, -0.15) is 0 Å². The number of hydrogen-bond donors (Lipinski definition) is 4. The van der Waals surface area contributed by atoms with Crippen LogP contribution < -0.4 is 21.3 Å². The maximum Gasteiger partial charge on any atom is 0.257 e. The van der Waals surface area contributed by atoms with Gasteiger partial charge in [-0.05, 0) is 73.1 Å². The Kier molecular flexibility index (Phi) is 8.68. The number of benzene rings is 2. The smallest absolute Gasteiger partial charge is 0.257 e. The Bertz CT molecular complexity index is 1060. The van der Waals surface area contributed by atoms with Crippen LogP contribution in [-0.2, 0) is 4.79 Å². The van der Waals surface area contributed by atoms with Crippen molar-refractivity contribution >= 4 is 34.8 Å². The second-order valence-corrected chi connectivity index (χ2v) is 9.51. The third-order valence-corrected chi connectivity index (χ3v) is 5.89. The molecule has 2 amide bonds. The molecule has 0 aliphatic carbocycles. The predicted molar refractivity (Wildman–Crippen MR) is 140 cm³/mol. The van der Waals surface area contributed by atoms with Crippen LogP contribution in [0.4, 0.5) is 17.1 Å². The molecule has 182 valence electrons. The first kappa shape index (κ1) is 25.3. The van der Waals surface area contributed by atoms with Crippen molar-refractivity contribution < 1.29 is 9.59 Å². The summed E-state index contributed by atoms with van der Waals surface area (Å²) in [6, 6.07) is 11.5. The third kappa shape index (κ3) is 6.83. The van der Waals surface area contributed by atoms with Crippen LogP contribution in [0.5, 0.6) is 0 Å². The number of aliphatic imine (C=N–C) groups is 1. The highest BCUT2D eigenvalue weighted by atomic mass is 16.2. The van der Waals surface area contributed by atoms with E-state index in [1.807, 2.05) is 43.3 Å². The number of carbonyl (C=O) groups is 2. The molecule has 34 heavy (non-hydrogen) atoms. The minimum Gasteiger partial charge on any atom is -0.356 e. The summed E-state index contributed by atoms with van der Waals surface area (Å²) in [7, 11) is 0. The Morgan fingerprint density at radius 2 is 1.79 bits per heavy atom. The highest BCUT2D eigenvalue weighted by Crippen LogP contribution is 2.32. The van der Waals surface area contributed by atoms with Gasteiger partial charge in [0.25, 0.3) is 5.91 Å². The number of nitrogens with zero attached hydrogens (tertiary/aromatic N) is 1. The summed E-state index contributed by atoms with van der Waals surface area (Å²) in [5.41, 5.74) is 5.26. The Morgan fingerprint density at radius 1 is 1.03 bits per heavy atom. The van der Waals surface area contributed by atoms with Gasteiger partial charge in [-0.15, -0.1) is 0 Å². The molecule has 0 spiro atoms. The van der Waals surface area contributed by atoms with Crippen LogP contribution in [0.2, 0.25) is 0 Å². The largest absolute Gasteiger partial charge is 0.356 e. The lowest BCUT2D eigenvalue weighted by molar-refractivity contribution is -0.116. The van der Waals surface area contributed by atoms with E-state index in [0.717, 1.165) is 54.1 Å². The van der Waals surface area contributed by atoms with Crippen LogP contribution in [0, 0.1) is 12.8 Å². The molecule has 4 N–H and O–H groups in total.